The van der Waals surface area contributed by atoms with Crippen LogP contribution in [0.4, 0.5) is 17.6 Å². The van der Waals surface area contributed by atoms with E-state index in [0.717, 1.165) is 17.7 Å². The molecule has 1 N–H and O–H groups in total. The van der Waals surface area contributed by atoms with Gasteiger partial charge >= 0.3 is 6.18 Å². The lowest BCUT2D eigenvalue weighted by molar-refractivity contribution is -0.140. The van der Waals surface area contributed by atoms with Crippen molar-refractivity contribution in [3.63, 3.8) is 0 Å². The molecule has 1 aliphatic rings. The SMILES string of the molecule is CN(Cc1ccc(C(F)(F)F)c(F)c1)C1CN(C(=O)c2ccc3n[nH]nc3c2)C[C@@H]1c1ccc(Cl)c(Cl)c1. The smallest absolute Gasteiger partial charge is 0.336 e. The van der Waals surface area contributed by atoms with Crippen LogP contribution in [0.25, 0.3) is 11.0 Å². The molecular weight excluding hydrogens is 545 g/mol. The maximum atomic E-state index is 14.2. The highest BCUT2D eigenvalue weighted by Crippen LogP contribution is 2.36. The van der Waals surface area contributed by atoms with Gasteiger partial charge in [0.25, 0.3) is 5.91 Å². The summed E-state index contributed by atoms with van der Waals surface area (Å²) in [6.45, 7) is 0.870. The van der Waals surface area contributed by atoms with E-state index in [2.05, 4.69) is 15.4 Å². The quantitative estimate of drug-likeness (QED) is 0.294. The van der Waals surface area contributed by atoms with Crippen LogP contribution in [-0.4, -0.2) is 57.3 Å². The second kappa shape index (κ2) is 10.2. The molecule has 1 unspecified atom stereocenters. The van der Waals surface area contributed by atoms with Crippen LogP contribution < -0.4 is 0 Å². The highest BCUT2D eigenvalue weighted by Gasteiger charge is 2.39. The summed E-state index contributed by atoms with van der Waals surface area (Å²) in [4.78, 5) is 17.1. The Bertz CT molecular complexity index is 1510. The maximum Gasteiger partial charge on any atom is 0.419 e. The third kappa shape index (κ3) is 5.21. The predicted molar refractivity (Wildman–Crippen MR) is 136 cm³/mol. The number of hydrogen-bond acceptors (Lipinski definition) is 4. The zero-order chi connectivity index (χ0) is 27.2. The van der Waals surface area contributed by atoms with Gasteiger partial charge in [0.1, 0.15) is 16.9 Å². The highest BCUT2D eigenvalue weighted by molar-refractivity contribution is 6.42. The number of nitrogens with one attached hydrogen (secondary N) is 1. The van der Waals surface area contributed by atoms with Crippen molar-refractivity contribution < 1.29 is 22.4 Å². The first-order chi connectivity index (χ1) is 18.0. The Morgan fingerprint density at radius 3 is 2.50 bits per heavy atom. The standard InChI is InChI=1S/C26H21Cl2F4N5O/c1-36(11-14-2-5-18(21(29)8-14)26(30,31)32)24-13-37(12-17(24)15-3-6-19(27)20(28)9-15)25(38)16-4-7-22-23(10-16)34-35-33-22/h2-10,17,24H,11-13H2,1H3,(H,33,34,35)/t17-,24?/m1/s1. The number of nitrogens with zero attached hydrogens (tertiary/aromatic N) is 4. The first kappa shape index (κ1) is 26.4. The maximum absolute atomic E-state index is 14.2. The molecule has 5 rings (SSSR count). The number of alkyl halides is 3. The minimum Gasteiger partial charge on any atom is -0.336 e. The number of benzene rings is 3. The molecule has 1 fully saturated rings. The molecule has 1 saturated heterocycles. The fourth-order valence-electron chi connectivity index (χ4n) is 4.92. The minimum atomic E-state index is -4.77. The summed E-state index contributed by atoms with van der Waals surface area (Å²) in [5, 5.41) is 11.3. The van der Waals surface area contributed by atoms with Crippen LogP contribution in [0.2, 0.25) is 10.0 Å². The number of amides is 1. The van der Waals surface area contributed by atoms with Gasteiger partial charge in [-0.25, -0.2) is 4.39 Å². The van der Waals surface area contributed by atoms with Crippen molar-refractivity contribution in [2.24, 2.45) is 0 Å². The Labute approximate surface area is 225 Å². The summed E-state index contributed by atoms with van der Waals surface area (Å²) < 4.78 is 53.2. The number of likely N-dealkylation sites (tertiary alicyclic amines) is 1. The molecule has 38 heavy (non-hydrogen) atoms. The topological polar surface area (TPSA) is 65.1 Å². The molecule has 1 aliphatic heterocycles. The lowest BCUT2D eigenvalue weighted by Crippen LogP contribution is -2.38. The molecule has 0 aliphatic carbocycles. The number of aromatic nitrogens is 3. The van der Waals surface area contributed by atoms with Gasteiger partial charge in [0.05, 0.1) is 15.6 Å². The molecule has 0 spiro atoms. The summed E-state index contributed by atoms with van der Waals surface area (Å²) in [7, 11) is 1.79. The van der Waals surface area contributed by atoms with Gasteiger partial charge in [-0.15, -0.1) is 0 Å². The minimum absolute atomic E-state index is 0.171. The van der Waals surface area contributed by atoms with Crippen molar-refractivity contribution in [3.05, 3.63) is 92.7 Å². The molecular formula is C26H21Cl2F4N5O. The molecule has 1 amide bonds. The number of rotatable bonds is 5. The highest BCUT2D eigenvalue weighted by atomic mass is 35.5. The van der Waals surface area contributed by atoms with E-state index in [0.29, 0.717) is 45.3 Å². The van der Waals surface area contributed by atoms with Gasteiger partial charge in [-0.2, -0.15) is 28.6 Å². The van der Waals surface area contributed by atoms with Crippen LogP contribution in [-0.2, 0) is 12.7 Å². The third-order valence-electron chi connectivity index (χ3n) is 6.85. The summed E-state index contributed by atoms with van der Waals surface area (Å²) >= 11 is 12.4. The molecule has 0 bridgehead atoms. The number of fused-ring (bicyclic) bond motifs is 1. The van der Waals surface area contributed by atoms with Crippen LogP contribution in [0.5, 0.6) is 0 Å². The normalized spacial score (nSPS) is 18.1. The summed E-state index contributed by atoms with van der Waals surface area (Å²) in [6, 6.07) is 13.0. The Hall–Kier alpha value is -3.21. The second-order valence-electron chi connectivity index (χ2n) is 9.31. The summed E-state index contributed by atoms with van der Waals surface area (Å²) in [5.41, 5.74) is 1.59. The Morgan fingerprint density at radius 2 is 1.79 bits per heavy atom. The fraction of sp³-hybridized carbons (Fsp3) is 0.269. The Kier molecular flexibility index (Phi) is 7.06. The van der Waals surface area contributed by atoms with Gasteiger partial charge in [-0.1, -0.05) is 35.3 Å². The molecule has 1 aromatic heterocycles. The Balaban J connectivity index is 1.42. The van der Waals surface area contributed by atoms with Crippen molar-refractivity contribution in [1.29, 1.82) is 0 Å². The first-order valence-corrected chi connectivity index (χ1v) is 12.4. The first-order valence-electron chi connectivity index (χ1n) is 11.6. The molecule has 6 nitrogen and oxygen atoms in total. The molecule has 198 valence electrons. The van der Waals surface area contributed by atoms with Gasteiger partial charge in [0.15, 0.2) is 0 Å². The molecule has 2 heterocycles. The van der Waals surface area contributed by atoms with Crippen molar-refractivity contribution in [2.75, 3.05) is 20.1 Å². The van der Waals surface area contributed by atoms with Crippen LogP contribution in [0, 0.1) is 5.82 Å². The zero-order valence-corrected chi connectivity index (χ0v) is 21.4. The van der Waals surface area contributed by atoms with Crippen LogP contribution in [0.15, 0.2) is 54.6 Å². The van der Waals surface area contributed by atoms with E-state index in [4.69, 9.17) is 23.2 Å². The molecule has 4 aromatic rings. The van der Waals surface area contributed by atoms with E-state index in [1.807, 2.05) is 11.0 Å². The zero-order valence-electron chi connectivity index (χ0n) is 19.9. The van der Waals surface area contributed by atoms with Crippen LogP contribution >= 0.6 is 23.2 Å². The van der Waals surface area contributed by atoms with Gasteiger partial charge in [-0.05, 0) is 60.6 Å². The van der Waals surface area contributed by atoms with Gasteiger partial charge in [0, 0.05) is 37.2 Å². The van der Waals surface area contributed by atoms with Gasteiger partial charge in [0.2, 0.25) is 0 Å². The predicted octanol–water partition coefficient (Wildman–Crippen LogP) is 6.16. The lowest BCUT2D eigenvalue weighted by Gasteiger charge is -2.29. The van der Waals surface area contributed by atoms with Crippen LogP contribution in [0.1, 0.15) is 33.0 Å². The van der Waals surface area contributed by atoms with Crippen molar-refractivity contribution >= 4 is 40.1 Å². The number of halogens is 6. The third-order valence-corrected chi connectivity index (χ3v) is 7.59. The van der Waals surface area contributed by atoms with Gasteiger partial charge in [-0.3, -0.25) is 9.69 Å². The van der Waals surface area contributed by atoms with E-state index in [-0.39, 0.29) is 24.4 Å². The number of likely N-dealkylation sites (N-methyl/N-ethyl adjacent to an activating group) is 1. The number of carbonyl (C=O) groups is 1. The number of H-pyrrole nitrogens is 1. The summed E-state index contributed by atoms with van der Waals surface area (Å²) in [5.74, 6) is -1.71. The Morgan fingerprint density at radius 1 is 1.03 bits per heavy atom. The van der Waals surface area contributed by atoms with E-state index < -0.39 is 17.6 Å². The van der Waals surface area contributed by atoms with Crippen molar-refractivity contribution in [3.8, 4) is 0 Å². The van der Waals surface area contributed by atoms with Crippen LogP contribution in [0.3, 0.4) is 0 Å². The van der Waals surface area contributed by atoms with E-state index in [9.17, 15) is 22.4 Å². The molecule has 0 radical (unpaired) electrons. The average Bonchev–Trinajstić information content (AvgIpc) is 3.51. The van der Waals surface area contributed by atoms with E-state index in [1.165, 1.54) is 6.07 Å². The van der Waals surface area contributed by atoms with Crippen molar-refractivity contribution in [1.82, 2.24) is 25.2 Å². The largest absolute Gasteiger partial charge is 0.419 e. The molecule has 3 aromatic carbocycles. The van der Waals surface area contributed by atoms with E-state index in [1.54, 1.807) is 42.3 Å². The number of hydrogen-bond donors (Lipinski definition) is 1. The number of aromatic amines is 1. The fourth-order valence-corrected chi connectivity index (χ4v) is 5.22. The molecule has 12 heteroatoms. The summed E-state index contributed by atoms with van der Waals surface area (Å²) in [6.07, 6.45) is -4.77. The van der Waals surface area contributed by atoms with E-state index >= 15 is 0 Å². The lowest BCUT2D eigenvalue weighted by atomic mass is 9.93. The van der Waals surface area contributed by atoms with Gasteiger partial charge < -0.3 is 4.90 Å². The second-order valence-corrected chi connectivity index (χ2v) is 10.1. The monoisotopic (exact) mass is 565 g/mol. The average molecular weight is 566 g/mol. The molecule has 2 atom stereocenters. The molecule has 0 saturated carbocycles. The van der Waals surface area contributed by atoms with Crippen molar-refractivity contribution in [2.45, 2.75) is 24.7 Å². The number of carbonyl (C=O) groups excluding carboxylic acids is 1.